The molecule has 1 fully saturated rings. The number of ether oxygens (including phenoxy) is 2. The molecule has 1 N–H and O–H groups in total. The molecular formula is C13H20O4. The minimum Gasteiger partial charge on any atom is -0.438 e. The number of aliphatic hydroxyl groups is 1. The first-order chi connectivity index (χ1) is 8.16. The first kappa shape index (κ1) is 13.8. The summed E-state index contributed by atoms with van der Waals surface area (Å²) < 4.78 is 8.98. The lowest BCUT2D eigenvalue weighted by atomic mass is 9.85. The molecule has 0 unspecified atom stereocenters. The maximum absolute atomic E-state index is 10.6. The average Bonchev–Trinajstić information content (AvgIpc) is 2.34. The average molecular weight is 240 g/mol. The van der Waals surface area contributed by atoms with Crippen molar-refractivity contribution >= 4 is 6.16 Å². The van der Waals surface area contributed by atoms with Gasteiger partial charge < -0.3 is 14.6 Å². The molecule has 0 heterocycles. The number of allylic oxidation sites excluding steroid dienone is 2. The lowest BCUT2D eigenvalue weighted by molar-refractivity contribution is 0.0513. The van der Waals surface area contributed by atoms with Gasteiger partial charge in [-0.1, -0.05) is 37.5 Å². The first-order valence-corrected chi connectivity index (χ1v) is 5.94. The van der Waals surface area contributed by atoms with Crippen LogP contribution in [0.4, 0.5) is 4.79 Å². The van der Waals surface area contributed by atoms with Crippen LogP contribution in [0.1, 0.15) is 32.1 Å². The van der Waals surface area contributed by atoms with Crippen molar-refractivity contribution in [1.82, 2.24) is 0 Å². The van der Waals surface area contributed by atoms with Crippen LogP contribution >= 0.6 is 0 Å². The van der Waals surface area contributed by atoms with E-state index in [9.17, 15) is 9.90 Å². The molecule has 1 aliphatic rings. The Bertz CT molecular complexity index is 288. The van der Waals surface area contributed by atoms with Crippen LogP contribution in [0, 0.1) is 0 Å². The number of hydrogen-bond donors (Lipinski definition) is 1. The van der Waals surface area contributed by atoms with E-state index in [-0.39, 0.29) is 6.61 Å². The number of carbonyl (C=O) groups excluding carboxylic acids is 1. The maximum Gasteiger partial charge on any atom is 0.508 e. The fourth-order valence-corrected chi connectivity index (χ4v) is 1.87. The summed E-state index contributed by atoms with van der Waals surface area (Å²) in [5, 5.41) is 10.1. The molecule has 96 valence electrons. The van der Waals surface area contributed by atoms with Crippen molar-refractivity contribution in [2.45, 2.75) is 37.7 Å². The fourth-order valence-electron chi connectivity index (χ4n) is 1.87. The topological polar surface area (TPSA) is 55.8 Å². The molecule has 1 saturated carbocycles. The van der Waals surface area contributed by atoms with Gasteiger partial charge in [-0.2, -0.15) is 0 Å². The predicted octanol–water partition coefficient (Wildman–Crippen LogP) is 2.58. The second kappa shape index (κ2) is 7.12. The highest BCUT2D eigenvalue weighted by molar-refractivity contribution is 5.59. The molecular weight excluding hydrogens is 220 g/mol. The SMILES string of the molecule is COC(=O)OC/C=C/C=C/C1(O)CCCCC1. The van der Waals surface area contributed by atoms with Crippen molar-refractivity contribution < 1.29 is 19.4 Å². The van der Waals surface area contributed by atoms with E-state index < -0.39 is 11.8 Å². The highest BCUT2D eigenvalue weighted by Gasteiger charge is 2.25. The zero-order chi connectivity index (χ0) is 12.6. The van der Waals surface area contributed by atoms with Crippen LogP contribution in [-0.2, 0) is 9.47 Å². The second-order valence-electron chi connectivity index (χ2n) is 4.22. The van der Waals surface area contributed by atoms with Crippen LogP contribution in [0.3, 0.4) is 0 Å². The van der Waals surface area contributed by atoms with Crippen LogP contribution < -0.4 is 0 Å². The smallest absolute Gasteiger partial charge is 0.438 e. The monoisotopic (exact) mass is 240 g/mol. The second-order valence-corrected chi connectivity index (χ2v) is 4.22. The van der Waals surface area contributed by atoms with Crippen LogP contribution in [0.5, 0.6) is 0 Å². The number of carbonyl (C=O) groups is 1. The third-order valence-electron chi connectivity index (χ3n) is 2.84. The van der Waals surface area contributed by atoms with Crippen LogP contribution in [0.2, 0.25) is 0 Å². The molecule has 0 aromatic carbocycles. The third-order valence-corrected chi connectivity index (χ3v) is 2.84. The largest absolute Gasteiger partial charge is 0.508 e. The van der Waals surface area contributed by atoms with E-state index in [1.165, 1.54) is 13.5 Å². The first-order valence-electron chi connectivity index (χ1n) is 5.94. The van der Waals surface area contributed by atoms with Gasteiger partial charge in [0.1, 0.15) is 6.61 Å². The summed E-state index contributed by atoms with van der Waals surface area (Å²) in [7, 11) is 1.27. The van der Waals surface area contributed by atoms with Crippen molar-refractivity contribution in [3.05, 3.63) is 24.3 Å². The summed E-state index contributed by atoms with van der Waals surface area (Å²) in [5.74, 6) is 0. The van der Waals surface area contributed by atoms with Crippen molar-refractivity contribution in [2.24, 2.45) is 0 Å². The van der Waals surface area contributed by atoms with Gasteiger partial charge in [0.25, 0.3) is 0 Å². The van der Waals surface area contributed by atoms with Crippen molar-refractivity contribution in [3.63, 3.8) is 0 Å². The highest BCUT2D eigenvalue weighted by atomic mass is 16.7. The number of hydrogen-bond acceptors (Lipinski definition) is 4. The van der Waals surface area contributed by atoms with Crippen LogP contribution in [-0.4, -0.2) is 30.6 Å². The van der Waals surface area contributed by atoms with Gasteiger partial charge in [-0.3, -0.25) is 0 Å². The van der Waals surface area contributed by atoms with Gasteiger partial charge in [0.05, 0.1) is 12.7 Å². The molecule has 0 aromatic heterocycles. The van der Waals surface area contributed by atoms with E-state index in [2.05, 4.69) is 9.47 Å². The lowest BCUT2D eigenvalue weighted by Gasteiger charge is -2.28. The quantitative estimate of drug-likeness (QED) is 0.606. The maximum atomic E-state index is 10.6. The lowest BCUT2D eigenvalue weighted by Crippen LogP contribution is -2.28. The van der Waals surface area contributed by atoms with Crippen molar-refractivity contribution in [2.75, 3.05) is 13.7 Å². The summed E-state index contributed by atoms with van der Waals surface area (Å²) in [5.41, 5.74) is -0.647. The third kappa shape index (κ3) is 5.54. The summed E-state index contributed by atoms with van der Waals surface area (Å²) in [6.07, 6.45) is 11.4. The molecule has 0 amide bonds. The normalized spacial score (nSPS) is 19.6. The van der Waals surface area contributed by atoms with Crippen LogP contribution in [0.15, 0.2) is 24.3 Å². The van der Waals surface area contributed by atoms with E-state index in [0.717, 1.165) is 25.7 Å². The standard InChI is InChI=1S/C13H20O4/c1-16-12(14)17-11-7-3-6-10-13(15)8-4-2-5-9-13/h3,6-7,10,15H,2,4-5,8-9,11H2,1H3/b7-3+,10-6+. The Morgan fingerprint density at radius 1 is 1.29 bits per heavy atom. The summed E-state index contributed by atoms with van der Waals surface area (Å²) >= 11 is 0. The number of methoxy groups -OCH3 is 1. The van der Waals surface area contributed by atoms with Gasteiger partial charge in [0.2, 0.25) is 0 Å². The molecule has 0 atom stereocenters. The minimum absolute atomic E-state index is 0.176. The van der Waals surface area contributed by atoms with Crippen molar-refractivity contribution in [3.8, 4) is 0 Å². The highest BCUT2D eigenvalue weighted by Crippen LogP contribution is 2.28. The Hall–Kier alpha value is -1.29. The Kier molecular flexibility index (Phi) is 5.77. The molecule has 0 aromatic rings. The van der Waals surface area contributed by atoms with Gasteiger partial charge in [-0.05, 0) is 18.9 Å². The number of rotatable bonds is 4. The zero-order valence-electron chi connectivity index (χ0n) is 10.2. The van der Waals surface area contributed by atoms with E-state index in [1.54, 1.807) is 18.2 Å². The van der Waals surface area contributed by atoms with Gasteiger partial charge in [-0.25, -0.2) is 4.79 Å². The molecule has 0 radical (unpaired) electrons. The van der Waals surface area contributed by atoms with E-state index in [0.29, 0.717) is 0 Å². The molecule has 1 rings (SSSR count). The molecule has 0 aliphatic heterocycles. The summed E-state index contributed by atoms with van der Waals surface area (Å²) in [4.78, 5) is 10.6. The van der Waals surface area contributed by atoms with E-state index in [4.69, 9.17) is 0 Å². The van der Waals surface area contributed by atoms with E-state index in [1.807, 2.05) is 6.08 Å². The molecule has 0 saturated heterocycles. The Balaban J connectivity index is 2.24. The Morgan fingerprint density at radius 3 is 2.65 bits per heavy atom. The molecule has 1 aliphatic carbocycles. The predicted molar refractivity (Wildman–Crippen MR) is 64.7 cm³/mol. The van der Waals surface area contributed by atoms with Crippen molar-refractivity contribution in [1.29, 1.82) is 0 Å². The van der Waals surface area contributed by atoms with E-state index >= 15 is 0 Å². The Morgan fingerprint density at radius 2 is 2.00 bits per heavy atom. The summed E-state index contributed by atoms with van der Waals surface area (Å²) in [6, 6.07) is 0. The molecule has 4 nitrogen and oxygen atoms in total. The molecule has 0 bridgehead atoms. The minimum atomic E-state index is -0.690. The van der Waals surface area contributed by atoms with Gasteiger partial charge in [0.15, 0.2) is 0 Å². The molecule has 17 heavy (non-hydrogen) atoms. The van der Waals surface area contributed by atoms with Crippen LogP contribution in [0.25, 0.3) is 0 Å². The van der Waals surface area contributed by atoms with Gasteiger partial charge in [0, 0.05) is 0 Å². The van der Waals surface area contributed by atoms with Gasteiger partial charge >= 0.3 is 6.16 Å². The molecule has 4 heteroatoms. The Labute approximate surface area is 102 Å². The zero-order valence-corrected chi connectivity index (χ0v) is 10.2. The fraction of sp³-hybridized carbons (Fsp3) is 0.615. The molecule has 0 spiro atoms. The van der Waals surface area contributed by atoms with Gasteiger partial charge in [-0.15, -0.1) is 0 Å². The summed E-state index contributed by atoms with van der Waals surface area (Å²) in [6.45, 7) is 0.176.